The number of aromatic amines is 1. The minimum atomic E-state index is -0.412. The molecule has 3 heterocycles. The molecule has 2 aromatic carbocycles. The van der Waals surface area contributed by atoms with Crippen LogP contribution < -0.4 is 20.7 Å². The van der Waals surface area contributed by atoms with Crippen molar-refractivity contribution in [3.8, 4) is 17.0 Å². The van der Waals surface area contributed by atoms with Crippen molar-refractivity contribution in [3.05, 3.63) is 71.5 Å². The SMILES string of the molecule is CCCCc1cc(NC(=O)Nc2ccc(-c3cc(NC(=O)c4ccc(OCCN5CCOCC5)cc4)n[nH]3)cc2C)no1. The number of amides is 3. The topological polar surface area (TPSA) is 147 Å². The van der Waals surface area contributed by atoms with Crippen LogP contribution >= 0.6 is 0 Å². The predicted molar refractivity (Wildman–Crippen MR) is 164 cm³/mol. The van der Waals surface area contributed by atoms with Gasteiger partial charge in [-0.25, -0.2) is 4.79 Å². The number of benzene rings is 2. The maximum absolute atomic E-state index is 12.8. The molecule has 4 N–H and O–H groups in total. The molecular weight excluding hydrogens is 550 g/mol. The van der Waals surface area contributed by atoms with Gasteiger partial charge in [0.1, 0.15) is 18.1 Å². The van der Waals surface area contributed by atoms with Gasteiger partial charge in [-0.1, -0.05) is 24.6 Å². The fourth-order valence-electron chi connectivity index (χ4n) is 4.62. The summed E-state index contributed by atoms with van der Waals surface area (Å²) in [4.78, 5) is 27.6. The third-order valence-corrected chi connectivity index (χ3v) is 7.08. The number of carbonyl (C=O) groups is 2. The Morgan fingerprint density at radius 1 is 1.00 bits per heavy atom. The molecule has 0 spiro atoms. The number of anilines is 3. The maximum atomic E-state index is 12.8. The van der Waals surface area contributed by atoms with Crippen molar-refractivity contribution >= 4 is 29.3 Å². The fourth-order valence-corrected chi connectivity index (χ4v) is 4.62. The minimum absolute atomic E-state index is 0.274. The van der Waals surface area contributed by atoms with Crippen molar-refractivity contribution in [2.75, 3.05) is 55.4 Å². The van der Waals surface area contributed by atoms with E-state index < -0.39 is 6.03 Å². The van der Waals surface area contributed by atoms with Crippen LogP contribution in [0.4, 0.5) is 22.1 Å². The Kier molecular flexibility index (Phi) is 10.0. The molecule has 0 bridgehead atoms. The molecule has 12 nitrogen and oxygen atoms in total. The van der Waals surface area contributed by atoms with E-state index in [1.807, 2.05) is 25.1 Å². The van der Waals surface area contributed by atoms with Crippen molar-refractivity contribution in [2.24, 2.45) is 0 Å². The second-order valence-corrected chi connectivity index (χ2v) is 10.3. The summed E-state index contributed by atoms with van der Waals surface area (Å²) in [5.74, 6) is 1.95. The normalized spacial score (nSPS) is 13.4. The molecule has 0 atom stereocenters. The van der Waals surface area contributed by atoms with E-state index in [4.69, 9.17) is 14.0 Å². The van der Waals surface area contributed by atoms with Gasteiger partial charge in [-0.05, 0) is 55.3 Å². The maximum Gasteiger partial charge on any atom is 0.324 e. The molecule has 0 unspecified atom stereocenters. The minimum Gasteiger partial charge on any atom is -0.492 e. The predicted octanol–water partition coefficient (Wildman–Crippen LogP) is 5.32. The number of ether oxygens (including phenoxy) is 2. The third-order valence-electron chi connectivity index (χ3n) is 7.08. The Morgan fingerprint density at radius 3 is 2.58 bits per heavy atom. The van der Waals surface area contributed by atoms with Crippen molar-refractivity contribution in [1.82, 2.24) is 20.3 Å². The van der Waals surface area contributed by atoms with Gasteiger partial charge < -0.3 is 24.6 Å². The zero-order valence-corrected chi connectivity index (χ0v) is 24.4. The zero-order chi connectivity index (χ0) is 30.0. The number of urea groups is 1. The summed E-state index contributed by atoms with van der Waals surface area (Å²) in [7, 11) is 0. The lowest BCUT2D eigenvalue weighted by Gasteiger charge is -2.26. The van der Waals surface area contributed by atoms with E-state index in [0.717, 1.165) is 74.7 Å². The average molecular weight is 588 g/mol. The summed E-state index contributed by atoms with van der Waals surface area (Å²) >= 11 is 0. The van der Waals surface area contributed by atoms with Crippen molar-refractivity contribution in [3.63, 3.8) is 0 Å². The highest BCUT2D eigenvalue weighted by atomic mass is 16.5. The largest absolute Gasteiger partial charge is 0.492 e. The summed E-state index contributed by atoms with van der Waals surface area (Å²) in [6.07, 6.45) is 2.83. The monoisotopic (exact) mass is 587 g/mol. The second-order valence-electron chi connectivity index (χ2n) is 10.3. The lowest BCUT2D eigenvalue weighted by atomic mass is 10.1. The van der Waals surface area contributed by atoms with Crippen LogP contribution in [0.5, 0.6) is 5.75 Å². The number of morpholine rings is 1. The smallest absolute Gasteiger partial charge is 0.324 e. The van der Waals surface area contributed by atoms with Gasteiger partial charge in [0.15, 0.2) is 11.6 Å². The summed E-state index contributed by atoms with van der Waals surface area (Å²) in [6, 6.07) is 15.7. The highest BCUT2D eigenvalue weighted by Crippen LogP contribution is 2.26. The van der Waals surface area contributed by atoms with E-state index in [2.05, 4.69) is 43.1 Å². The molecule has 4 aromatic rings. The van der Waals surface area contributed by atoms with E-state index in [1.54, 1.807) is 36.4 Å². The molecule has 0 aliphatic carbocycles. The first-order chi connectivity index (χ1) is 21.0. The number of H-pyrrole nitrogens is 1. The third kappa shape index (κ3) is 8.43. The Hall–Kier alpha value is -4.68. The van der Waals surface area contributed by atoms with Crippen molar-refractivity contribution in [1.29, 1.82) is 0 Å². The van der Waals surface area contributed by atoms with Crippen LogP contribution in [-0.2, 0) is 11.2 Å². The number of rotatable bonds is 12. The summed E-state index contributed by atoms with van der Waals surface area (Å²) in [5, 5.41) is 19.5. The summed E-state index contributed by atoms with van der Waals surface area (Å²) in [5.41, 5.74) is 3.58. The van der Waals surface area contributed by atoms with E-state index in [1.165, 1.54) is 0 Å². The van der Waals surface area contributed by atoms with Crippen LogP contribution in [0, 0.1) is 6.92 Å². The average Bonchev–Trinajstić information content (AvgIpc) is 3.67. The van der Waals surface area contributed by atoms with Gasteiger partial charge in [-0.15, -0.1) is 0 Å². The Bertz CT molecular complexity index is 1510. The molecule has 3 amide bonds. The molecule has 2 aromatic heterocycles. The van der Waals surface area contributed by atoms with Crippen LogP contribution in [0.25, 0.3) is 11.3 Å². The molecule has 1 fully saturated rings. The number of nitrogens with one attached hydrogen (secondary N) is 4. The van der Waals surface area contributed by atoms with Crippen LogP contribution in [0.1, 0.15) is 41.4 Å². The van der Waals surface area contributed by atoms with Crippen molar-refractivity contribution < 1.29 is 23.6 Å². The van der Waals surface area contributed by atoms with Crippen molar-refractivity contribution in [2.45, 2.75) is 33.1 Å². The second kappa shape index (κ2) is 14.5. The summed E-state index contributed by atoms with van der Waals surface area (Å²) in [6.45, 7) is 8.78. The highest BCUT2D eigenvalue weighted by molar-refractivity contribution is 6.04. The van der Waals surface area contributed by atoms with Gasteiger partial charge in [-0.3, -0.25) is 20.1 Å². The number of hydrogen-bond acceptors (Lipinski definition) is 8. The first-order valence-corrected chi connectivity index (χ1v) is 14.5. The standard InChI is InChI=1S/C31H37N7O5/c1-3-4-5-25-19-29(37-43-25)34-31(40)32-26-11-8-23(18-21(26)2)27-20-28(36-35-27)33-30(39)22-6-9-24(10-7-22)42-17-14-38-12-15-41-16-13-38/h6-11,18-20H,3-5,12-17H2,1-2H3,(H2,32,34,37,40)(H2,33,35,36,39). The van der Waals surface area contributed by atoms with E-state index in [9.17, 15) is 9.59 Å². The Morgan fingerprint density at radius 2 is 1.81 bits per heavy atom. The van der Waals surface area contributed by atoms with Crippen LogP contribution in [-0.4, -0.2) is 71.6 Å². The first kappa shape index (κ1) is 29.8. The first-order valence-electron chi connectivity index (χ1n) is 14.5. The van der Waals surface area contributed by atoms with E-state index >= 15 is 0 Å². The fraction of sp³-hybridized carbons (Fsp3) is 0.355. The number of unbranched alkanes of at least 4 members (excludes halogenated alkanes) is 1. The highest BCUT2D eigenvalue weighted by Gasteiger charge is 2.14. The molecular formula is C31H37N7O5. The molecule has 1 saturated heterocycles. The molecule has 226 valence electrons. The molecule has 1 aliphatic rings. The quantitative estimate of drug-likeness (QED) is 0.174. The molecule has 12 heteroatoms. The van der Waals surface area contributed by atoms with Gasteiger partial charge in [0.25, 0.3) is 5.91 Å². The van der Waals surface area contributed by atoms with Crippen LogP contribution in [0.3, 0.4) is 0 Å². The number of aryl methyl sites for hydroxylation is 2. The van der Waals surface area contributed by atoms with Gasteiger partial charge in [0, 0.05) is 55.0 Å². The summed E-state index contributed by atoms with van der Waals surface area (Å²) < 4.78 is 16.4. The van der Waals surface area contributed by atoms with Crippen LogP contribution in [0.15, 0.2) is 59.1 Å². The van der Waals surface area contributed by atoms with Gasteiger partial charge >= 0.3 is 6.03 Å². The van der Waals surface area contributed by atoms with Gasteiger partial charge in [0.2, 0.25) is 0 Å². The molecule has 0 radical (unpaired) electrons. The van der Waals surface area contributed by atoms with Gasteiger partial charge in [-0.2, -0.15) is 5.10 Å². The van der Waals surface area contributed by atoms with Gasteiger partial charge in [0.05, 0.1) is 18.9 Å². The van der Waals surface area contributed by atoms with E-state index in [0.29, 0.717) is 35.2 Å². The Labute approximate surface area is 250 Å². The number of aromatic nitrogens is 3. The molecule has 0 saturated carbocycles. The molecule has 5 rings (SSSR count). The molecule has 1 aliphatic heterocycles. The lowest BCUT2D eigenvalue weighted by Crippen LogP contribution is -2.38. The van der Waals surface area contributed by atoms with E-state index in [-0.39, 0.29) is 5.91 Å². The number of nitrogens with zero attached hydrogens (tertiary/aromatic N) is 3. The zero-order valence-electron chi connectivity index (χ0n) is 24.4. The van der Waals surface area contributed by atoms with Crippen LogP contribution in [0.2, 0.25) is 0 Å². The number of hydrogen-bond donors (Lipinski definition) is 4. The molecule has 43 heavy (non-hydrogen) atoms. The number of carbonyl (C=O) groups excluding carboxylic acids is 2. The Balaban J connectivity index is 1.11. The lowest BCUT2D eigenvalue weighted by molar-refractivity contribution is 0.0322.